The van der Waals surface area contributed by atoms with Crippen molar-refractivity contribution in [2.45, 2.75) is 31.2 Å². The minimum absolute atomic E-state index is 0.420. The molecule has 1 N–H and O–H groups in total. The van der Waals surface area contributed by atoms with Gasteiger partial charge >= 0.3 is 0 Å². The van der Waals surface area contributed by atoms with E-state index in [4.69, 9.17) is 0 Å². The number of hydrogen-bond acceptors (Lipinski definition) is 2. The Bertz CT molecular complexity index is 331. The fourth-order valence-corrected chi connectivity index (χ4v) is 2.47. The number of rotatable bonds is 6. The summed E-state index contributed by atoms with van der Waals surface area (Å²) in [5, 5.41) is 3.34. The Morgan fingerprint density at radius 3 is 2.56 bits per heavy atom. The van der Waals surface area contributed by atoms with Gasteiger partial charge < -0.3 is 5.32 Å². The van der Waals surface area contributed by atoms with Gasteiger partial charge in [-0.25, -0.2) is 8.78 Å². The fraction of sp³-hybridized carbons (Fsp3) is 0.500. The number of benzene rings is 1. The van der Waals surface area contributed by atoms with E-state index in [1.54, 1.807) is 17.8 Å². The van der Waals surface area contributed by atoms with Crippen molar-refractivity contribution in [3.05, 3.63) is 29.8 Å². The number of halogens is 2. The predicted octanol–water partition coefficient (Wildman–Crippen LogP) is 3.45. The van der Waals surface area contributed by atoms with Gasteiger partial charge in [-0.2, -0.15) is 0 Å². The molecule has 1 unspecified atom stereocenters. The minimum Gasteiger partial charge on any atom is -0.313 e. The third kappa shape index (κ3) is 4.10. The van der Waals surface area contributed by atoms with Gasteiger partial charge in [-0.3, -0.25) is 0 Å². The summed E-state index contributed by atoms with van der Waals surface area (Å²) in [4.78, 5) is 0.773. The summed E-state index contributed by atoms with van der Waals surface area (Å²) in [6, 6.07) is 4.45. The molecule has 0 saturated heterocycles. The van der Waals surface area contributed by atoms with Gasteiger partial charge in [0.05, 0.1) is 0 Å². The Kier molecular flexibility index (Phi) is 5.77. The molecule has 0 bridgehead atoms. The molecule has 0 aliphatic carbocycles. The zero-order valence-corrected chi connectivity index (χ0v) is 10.4. The third-order valence-corrected chi connectivity index (χ3v) is 3.48. The maximum absolute atomic E-state index is 12.9. The van der Waals surface area contributed by atoms with E-state index in [9.17, 15) is 8.78 Å². The maximum atomic E-state index is 12.9. The van der Waals surface area contributed by atoms with Crippen molar-refractivity contribution in [2.75, 3.05) is 12.3 Å². The van der Waals surface area contributed by atoms with Gasteiger partial charge in [0.1, 0.15) is 0 Å². The second-order valence-electron chi connectivity index (χ2n) is 3.55. The van der Waals surface area contributed by atoms with Crippen LogP contribution in [0.4, 0.5) is 8.78 Å². The van der Waals surface area contributed by atoms with Crippen LogP contribution in [0.15, 0.2) is 23.1 Å². The SMILES string of the molecule is CCNC(CC)CSc1ccc(F)c(F)c1. The standard InChI is InChI=1S/C12H17F2NS/c1-3-9(15-4-2)8-16-10-5-6-11(13)12(14)7-10/h5-7,9,15H,3-4,8H2,1-2H3. The van der Waals surface area contributed by atoms with Gasteiger partial charge in [0.25, 0.3) is 0 Å². The average Bonchev–Trinajstić information content (AvgIpc) is 2.28. The van der Waals surface area contributed by atoms with Crippen molar-refractivity contribution in [2.24, 2.45) is 0 Å². The molecule has 1 aromatic carbocycles. The first-order valence-corrected chi connectivity index (χ1v) is 6.47. The Morgan fingerprint density at radius 2 is 2.00 bits per heavy atom. The van der Waals surface area contributed by atoms with E-state index in [0.717, 1.165) is 23.6 Å². The summed E-state index contributed by atoms with van der Waals surface area (Å²) < 4.78 is 25.6. The van der Waals surface area contributed by atoms with Crippen LogP contribution in [0, 0.1) is 11.6 Å². The molecule has 0 heterocycles. The van der Waals surface area contributed by atoms with E-state index in [1.807, 2.05) is 0 Å². The van der Waals surface area contributed by atoms with Gasteiger partial charge in [0.2, 0.25) is 0 Å². The first-order chi connectivity index (χ1) is 7.67. The van der Waals surface area contributed by atoms with E-state index in [2.05, 4.69) is 19.2 Å². The highest BCUT2D eigenvalue weighted by Gasteiger charge is 2.07. The molecule has 90 valence electrons. The molecule has 0 saturated carbocycles. The Balaban J connectivity index is 2.50. The van der Waals surface area contributed by atoms with Gasteiger partial charge in [0.15, 0.2) is 11.6 Å². The molecule has 1 rings (SSSR count). The quantitative estimate of drug-likeness (QED) is 0.770. The highest BCUT2D eigenvalue weighted by Crippen LogP contribution is 2.21. The van der Waals surface area contributed by atoms with Crippen LogP contribution in [0.2, 0.25) is 0 Å². The summed E-state index contributed by atoms with van der Waals surface area (Å²) in [5.41, 5.74) is 0. The molecule has 16 heavy (non-hydrogen) atoms. The molecular weight excluding hydrogens is 228 g/mol. The second kappa shape index (κ2) is 6.86. The molecule has 1 atom stereocenters. The average molecular weight is 245 g/mol. The van der Waals surface area contributed by atoms with Crippen molar-refractivity contribution in [1.82, 2.24) is 5.32 Å². The topological polar surface area (TPSA) is 12.0 Å². The number of nitrogens with one attached hydrogen (secondary N) is 1. The number of hydrogen-bond donors (Lipinski definition) is 1. The predicted molar refractivity (Wildman–Crippen MR) is 64.8 cm³/mol. The lowest BCUT2D eigenvalue weighted by Crippen LogP contribution is -2.30. The van der Waals surface area contributed by atoms with E-state index < -0.39 is 11.6 Å². The van der Waals surface area contributed by atoms with E-state index in [0.29, 0.717) is 6.04 Å². The van der Waals surface area contributed by atoms with Crippen LogP contribution in [-0.2, 0) is 0 Å². The van der Waals surface area contributed by atoms with Gasteiger partial charge in [-0.1, -0.05) is 13.8 Å². The van der Waals surface area contributed by atoms with E-state index in [1.165, 1.54) is 12.1 Å². The molecule has 0 aromatic heterocycles. The molecule has 4 heteroatoms. The lowest BCUT2D eigenvalue weighted by atomic mass is 10.2. The van der Waals surface area contributed by atoms with Crippen LogP contribution in [0.5, 0.6) is 0 Å². The molecule has 0 aliphatic rings. The molecule has 0 spiro atoms. The third-order valence-electron chi connectivity index (χ3n) is 2.33. The lowest BCUT2D eigenvalue weighted by molar-refractivity contribution is 0.506. The molecule has 0 fully saturated rings. The van der Waals surface area contributed by atoms with Crippen LogP contribution in [0.1, 0.15) is 20.3 Å². The smallest absolute Gasteiger partial charge is 0.159 e. The second-order valence-corrected chi connectivity index (χ2v) is 4.64. The van der Waals surface area contributed by atoms with Crippen molar-refractivity contribution >= 4 is 11.8 Å². The minimum atomic E-state index is -0.789. The highest BCUT2D eigenvalue weighted by molar-refractivity contribution is 7.99. The van der Waals surface area contributed by atoms with Crippen LogP contribution < -0.4 is 5.32 Å². The summed E-state index contributed by atoms with van der Waals surface area (Å²) in [7, 11) is 0. The van der Waals surface area contributed by atoms with Crippen LogP contribution >= 0.6 is 11.8 Å². The molecule has 0 aliphatic heterocycles. The van der Waals surface area contributed by atoms with E-state index in [-0.39, 0.29) is 0 Å². The monoisotopic (exact) mass is 245 g/mol. The summed E-state index contributed by atoms with van der Waals surface area (Å²) >= 11 is 1.55. The van der Waals surface area contributed by atoms with Crippen LogP contribution in [-0.4, -0.2) is 18.3 Å². The highest BCUT2D eigenvalue weighted by atomic mass is 32.2. The summed E-state index contributed by atoms with van der Waals surface area (Å²) in [5.74, 6) is -0.695. The summed E-state index contributed by atoms with van der Waals surface area (Å²) in [6.07, 6.45) is 1.03. The van der Waals surface area contributed by atoms with Crippen molar-refractivity contribution in [3.63, 3.8) is 0 Å². The Hall–Kier alpha value is -0.610. The molecule has 0 radical (unpaired) electrons. The van der Waals surface area contributed by atoms with Crippen molar-refractivity contribution in [1.29, 1.82) is 0 Å². The Labute approximate surface area is 99.6 Å². The zero-order chi connectivity index (χ0) is 12.0. The normalized spacial score (nSPS) is 12.8. The molecule has 0 amide bonds. The van der Waals surface area contributed by atoms with Crippen molar-refractivity contribution < 1.29 is 8.78 Å². The Morgan fingerprint density at radius 1 is 1.25 bits per heavy atom. The first kappa shape index (κ1) is 13.5. The largest absolute Gasteiger partial charge is 0.313 e. The lowest BCUT2D eigenvalue weighted by Gasteiger charge is -2.14. The number of thioether (sulfide) groups is 1. The van der Waals surface area contributed by atoms with E-state index >= 15 is 0 Å². The molecule has 1 aromatic rings. The van der Waals surface area contributed by atoms with Gasteiger partial charge in [-0.15, -0.1) is 11.8 Å². The van der Waals surface area contributed by atoms with Crippen LogP contribution in [0.3, 0.4) is 0 Å². The van der Waals surface area contributed by atoms with Crippen molar-refractivity contribution in [3.8, 4) is 0 Å². The van der Waals surface area contributed by atoms with Gasteiger partial charge in [-0.05, 0) is 31.2 Å². The summed E-state index contributed by atoms with van der Waals surface area (Å²) in [6.45, 7) is 5.10. The first-order valence-electron chi connectivity index (χ1n) is 5.48. The van der Waals surface area contributed by atoms with Gasteiger partial charge in [0, 0.05) is 16.7 Å². The van der Waals surface area contributed by atoms with Crippen LogP contribution in [0.25, 0.3) is 0 Å². The molecular formula is C12H17F2NS. The molecule has 1 nitrogen and oxygen atoms in total. The fourth-order valence-electron chi connectivity index (χ4n) is 1.37. The zero-order valence-electron chi connectivity index (χ0n) is 9.59. The maximum Gasteiger partial charge on any atom is 0.159 e.